The predicted molar refractivity (Wildman–Crippen MR) is 108 cm³/mol. The molecule has 5 nitrogen and oxygen atoms in total. The molecule has 0 unspecified atom stereocenters. The SMILES string of the molecule is CCNc1nc(Nc2cccc(C)c2C)cc(-c2cccc(OC(F)(F)F)c2)n1. The molecule has 0 spiro atoms. The maximum absolute atomic E-state index is 12.5. The van der Waals surface area contributed by atoms with Gasteiger partial charge in [0.05, 0.1) is 5.69 Å². The van der Waals surface area contributed by atoms with E-state index in [2.05, 4.69) is 25.3 Å². The summed E-state index contributed by atoms with van der Waals surface area (Å²) in [4.78, 5) is 8.87. The molecule has 0 saturated carbocycles. The van der Waals surface area contributed by atoms with Gasteiger partial charge in [-0.3, -0.25) is 0 Å². The number of anilines is 3. The average molecular weight is 402 g/mol. The molecule has 29 heavy (non-hydrogen) atoms. The van der Waals surface area contributed by atoms with Crippen LogP contribution in [0.2, 0.25) is 0 Å². The van der Waals surface area contributed by atoms with Crippen molar-refractivity contribution in [1.82, 2.24) is 9.97 Å². The lowest BCUT2D eigenvalue weighted by molar-refractivity contribution is -0.274. The van der Waals surface area contributed by atoms with E-state index in [0.29, 0.717) is 29.6 Å². The third-order valence-corrected chi connectivity index (χ3v) is 4.29. The lowest BCUT2D eigenvalue weighted by Crippen LogP contribution is -2.17. The van der Waals surface area contributed by atoms with E-state index in [1.807, 2.05) is 39.0 Å². The summed E-state index contributed by atoms with van der Waals surface area (Å²) in [5.41, 5.74) is 4.06. The minimum Gasteiger partial charge on any atom is -0.406 e. The molecular formula is C21H21F3N4O. The zero-order valence-corrected chi connectivity index (χ0v) is 16.3. The van der Waals surface area contributed by atoms with Crippen LogP contribution in [-0.2, 0) is 0 Å². The quantitative estimate of drug-likeness (QED) is 0.543. The van der Waals surface area contributed by atoms with Gasteiger partial charge in [0.25, 0.3) is 0 Å². The van der Waals surface area contributed by atoms with Crippen LogP contribution >= 0.6 is 0 Å². The molecule has 0 bridgehead atoms. The largest absolute Gasteiger partial charge is 0.573 e. The molecule has 0 fully saturated rings. The Bertz CT molecular complexity index is 1010. The van der Waals surface area contributed by atoms with Gasteiger partial charge < -0.3 is 15.4 Å². The molecule has 0 aliphatic carbocycles. The summed E-state index contributed by atoms with van der Waals surface area (Å²) >= 11 is 0. The number of ether oxygens (including phenoxy) is 1. The van der Waals surface area contributed by atoms with E-state index in [4.69, 9.17) is 0 Å². The van der Waals surface area contributed by atoms with Crippen molar-refractivity contribution >= 4 is 17.5 Å². The van der Waals surface area contributed by atoms with Crippen LogP contribution in [0.3, 0.4) is 0 Å². The first-order chi connectivity index (χ1) is 13.7. The summed E-state index contributed by atoms with van der Waals surface area (Å²) in [5, 5.41) is 6.32. The van der Waals surface area contributed by atoms with Gasteiger partial charge in [-0.25, -0.2) is 4.98 Å². The minimum atomic E-state index is -4.76. The third kappa shape index (κ3) is 5.37. The minimum absolute atomic E-state index is 0.303. The molecule has 2 aromatic carbocycles. The Kier molecular flexibility index (Phi) is 5.91. The van der Waals surface area contributed by atoms with E-state index in [1.165, 1.54) is 18.2 Å². The lowest BCUT2D eigenvalue weighted by Gasteiger charge is -2.14. The number of hydrogen-bond acceptors (Lipinski definition) is 5. The van der Waals surface area contributed by atoms with Crippen molar-refractivity contribution in [2.45, 2.75) is 27.1 Å². The Morgan fingerprint density at radius 2 is 1.76 bits per heavy atom. The number of alkyl halides is 3. The molecular weight excluding hydrogens is 381 g/mol. The van der Waals surface area contributed by atoms with Gasteiger partial charge in [0.1, 0.15) is 11.6 Å². The third-order valence-electron chi connectivity index (χ3n) is 4.29. The molecule has 3 rings (SSSR count). The van der Waals surface area contributed by atoms with Gasteiger partial charge in [0, 0.05) is 23.9 Å². The molecule has 1 aromatic heterocycles. The van der Waals surface area contributed by atoms with Crippen LogP contribution in [0.25, 0.3) is 11.3 Å². The van der Waals surface area contributed by atoms with Gasteiger partial charge in [-0.05, 0) is 50.1 Å². The van der Waals surface area contributed by atoms with E-state index in [1.54, 1.807) is 12.1 Å². The second kappa shape index (κ2) is 8.38. The Balaban J connectivity index is 1.99. The Morgan fingerprint density at radius 1 is 1.00 bits per heavy atom. The van der Waals surface area contributed by atoms with Gasteiger partial charge in [-0.15, -0.1) is 13.2 Å². The van der Waals surface area contributed by atoms with Crippen LogP contribution in [0.15, 0.2) is 48.5 Å². The maximum Gasteiger partial charge on any atom is 0.573 e. The van der Waals surface area contributed by atoms with Crippen LogP contribution in [0.4, 0.5) is 30.6 Å². The van der Waals surface area contributed by atoms with Crippen LogP contribution in [-0.4, -0.2) is 22.9 Å². The fourth-order valence-electron chi connectivity index (χ4n) is 2.77. The number of hydrogen-bond donors (Lipinski definition) is 2. The number of benzene rings is 2. The van der Waals surface area contributed by atoms with Crippen molar-refractivity contribution in [3.8, 4) is 17.0 Å². The van der Waals surface area contributed by atoms with Gasteiger partial charge in [-0.1, -0.05) is 24.3 Å². The van der Waals surface area contributed by atoms with Crippen molar-refractivity contribution in [1.29, 1.82) is 0 Å². The number of nitrogens with one attached hydrogen (secondary N) is 2. The molecule has 2 N–H and O–H groups in total. The van der Waals surface area contributed by atoms with Crippen LogP contribution in [0, 0.1) is 13.8 Å². The monoisotopic (exact) mass is 402 g/mol. The molecule has 3 aromatic rings. The number of aryl methyl sites for hydroxylation is 1. The van der Waals surface area contributed by atoms with Gasteiger partial charge in [-0.2, -0.15) is 4.98 Å². The van der Waals surface area contributed by atoms with Gasteiger partial charge in [0.2, 0.25) is 5.95 Å². The highest BCUT2D eigenvalue weighted by Gasteiger charge is 2.31. The van der Waals surface area contributed by atoms with Crippen LogP contribution < -0.4 is 15.4 Å². The number of rotatable bonds is 6. The topological polar surface area (TPSA) is 59.1 Å². The van der Waals surface area contributed by atoms with Crippen LogP contribution in [0.5, 0.6) is 5.75 Å². The highest BCUT2D eigenvalue weighted by atomic mass is 19.4. The lowest BCUT2D eigenvalue weighted by atomic mass is 10.1. The zero-order chi connectivity index (χ0) is 21.0. The summed E-state index contributed by atoms with van der Waals surface area (Å²) in [5.74, 6) is 0.601. The molecule has 152 valence electrons. The van der Waals surface area contributed by atoms with E-state index < -0.39 is 6.36 Å². The molecule has 0 aliphatic rings. The fourth-order valence-corrected chi connectivity index (χ4v) is 2.77. The number of nitrogens with zero attached hydrogens (tertiary/aromatic N) is 2. The van der Waals surface area contributed by atoms with Crippen molar-refractivity contribution in [2.24, 2.45) is 0 Å². The van der Waals surface area contributed by atoms with Crippen molar-refractivity contribution < 1.29 is 17.9 Å². The summed E-state index contributed by atoms with van der Waals surface area (Å²) in [7, 11) is 0. The molecule has 0 atom stereocenters. The first-order valence-corrected chi connectivity index (χ1v) is 9.07. The normalized spacial score (nSPS) is 11.2. The molecule has 0 radical (unpaired) electrons. The van der Waals surface area contributed by atoms with Crippen molar-refractivity contribution in [3.05, 3.63) is 59.7 Å². The molecule has 0 aliphatic heterocycles. The second-order valence-corrected chi connectivity index (χ2v) is 6.44. The smallest absolute Gasteiger partial charge is 0.406 e. The van der Waals surface area contributed by atoms with Crippen molar-refractivity contribution in [2.75, 3.05) is 17.2 Å². The molecule has 0 amide bonds. The van der Waals surface area contributed by atoms with E-state index in [0.717, 1.165) is 16.8 Å². The average Bonchev–Trinajstić information content (AvgIpc) is 2.64. The van der Waals surface area contributed by atoms with Gasteiger partial charge in [0.15, 0.2) is 0 Å². The zero-order valence-electron chi connectivity index (χ0n) is 16.3. The fraction of sp³-hybridized carbons (Fsp3) is 0.238. The van der Waals surface area contributed by atoms with Crippen LogP contribution in [0.1, 0.15) is 18.1 Å². The summed E-state index contributed by atoms with van der Waals surface area (Å²) in [6.07, 6.45) is -4.76. The Labute approximate surface area is 167 Å². The standard InChI is InChI=1S/C21H21F3N4O/c1-4-25-20-27-18(15-8-6-9-16(11-15)29-21(22,23)24)12-19(28-20)26-17-10-5-7-13(2)14(17)3/h5-12H,4H2,1-3H3,(H2,25,26,27,28). The number of aromatic nitrogens is 2. The molecule has 1 heterocycles. The predicted octanol–water partition coefficient (Wildman–Crippen LogP) is 5.83. The van der Waals surface area contributed by atoms with Crippen molar-refractivity contribution in [3.63, 3.8) is 0 Å². The highest BCUT2D eigenvalue weighted by Crippen LogP contribution is 2.30. The molecule has 0 saturated heterocycles. The Morgan fingerprint density at radius 3 is 2.48 bits per heavy atom. The first-order valence-electron chi connectivity index (χ1n) is 9.07. The summed E-state index contributed by atoms with van der Waals surface area (Å²) in [6.45, 7) is 6.53. The highest BCUT2D eigenvalue weighted by molar-refractivity contribution is 5.69. The van der Waals surface area contributed by atoms with Gasteiger partial charge >= 0.3 is 6.36 Å². The number of halogens is 3. The summed E-state index contributed by atoms with van der Waals surface area (Å²) in [6, 6.07) is 13.3. The van der Waals surface area contributed by atoms with E-state index in [-0.39, 0.29) is 5.75 Å². The van der Waals surface area contributed by atoms with E-state index >= 15 is 0 Å². The van der Waals surface area contributed by atoms with E-state index in [9.17, 15) is 13.2 Å². The Hall–Kier alpha value is -3.29. The second-order valence-electron chi connectivity index (χ2n) is 6.44. The first kappa shape index (κ1) is 20.4. The molecule has 8 heteroatoms. The maximum atomic E-state index is 12.5. The summed E-state index contributed by atoms with van der Waals surface area (Å²) < 4.78 is 41.7.